The third kappa shape index (κ3) is 8.25. The van der Waals surface area contributed by atoms with E-state index in [0.717, 1.165) is 31.5 Å². The highest BCUT2D eigenvalue weighted by atomic mass is 127. The SMILES string of the molecule is CCNC(=NCCCCN1CCN(Cc2ccccc2)CC1)NC1CC1C.I. The van der Waals surface area contributed by atoms with Gasteiger partial charge in [0.2, 0.25) is 0 Å². The van der Waals surface area contributed by atoms with Gasteiger partial charge in [-0.2, -0.15) is 0 Å². The van der Waals surface area contributed by atoms with Crippen molar-refractivity contribution in [1.82, 2.24) is 20.4 Å². The minimum atomic E-state index is 0. The van der Waals surface area contributed by atoms with Crippen LogP contribution < -0.4 is 10.6 Å². The number of halogens is 1. The smallest absolute Gasteiger partial charge is 0.191 e. The molecular weight excluding hydrogens is 461 g/mol. The fraction of sp³-hybridized carbons (Fsp3) is 0.682. The molecule has 2 aliphatic rings. The Bertz CT molecular complexity index is 572. The number of hydrogen-bond acceptors (Lipinski definition) is 3. The highest BCUT2D eigenvalue weighted by Crippen LogP contribution is 2.28. The lowest BCUT2D eigenvalue weighted by Gasteiger charge is -2.34. The number of nitrogens with zero attached hydrogens (tertiary/aromatic N) is 3. The summed E-state index contributed by atoms with van der Waals surface area (Å²) in [7, 11) is 0. The molecule has 28 heavy (non-hydrogen) atoms. The molecule has 3 rings (SSSR count). The molecule has 2 unspecified atom stereocenters. The molecule has 0 amide bonds. The first-order chi connectivity index (χ1) is 13.2. The van der Waals surface area contributed by atoms with Crippen LogP contribution >= 0.6 is 24.0 Å². The zero-order valence-electron chi connectivity index (χ0n) is 17.6. The summed E-state index contributed by atoms with van der Waals surface area (Å²) < 4.78 is 0. The second-order valence-corrected chi connectivity index (χ2v) is 8.03. The van der Waals surface area contributed by atoms with Crippen LogP contribution in [0.2, 0.25) is 0 Å². The van der Waals surface area contributed by atoms with Crippen LogP contribution in [0.4, 0.5) is 0 Å². The Balaban J connectivity index is 0.00000280. The van der Waals surface area contributed by atoms with E-state index in [-0.39, 0.29) is 24.0 Å². The van der Waals surface area contributed by atoms with Gasteiger partial charge in [0, 0.05) is 51.9 Å². The van der Waals surface area contributed by atoms with Crippen LogP contribution in [0.25, 0.3) is 0 Å². The van der Waals surface area contributed by atoms with E-state index >= 15 is 0 Å². The fourth-order valence-electron chi connectivity index (χ4n) is 3.67. The number of nitrogens with one attached hydrogen (secondary N) is 2. The molecule has 0 bridgehead atoms. The summed E-state index contributed by atoms with van der Waals surface area (Å²) in [6, 6.07) is 11.5. The number of rotatable bonds is 9. The Morgan fingerprint density at radius 3 is 2.39 bits per heavy atom. The van der Waals surface area contributed by atoms with Gasteiger partial charge in [0.15, 0.2) is 5.96 Å². The van der Waals surface area contributed by atoms with Gasteiger partial charge in [0.05, 0.1) is 0 Å². The Hall–Kier alpha value is -0.860. The van der Waals surface area contributed by atoms with Crippen molar-refractivity contribution in [3.8, 4) is 0 Å². The van der Waals surface area contributed by atoms with E-state index in [1.165, 1.54) is 57.5 Å². The first-order valence-electron chi connectivity index (χ1n) is 10.8. The fourth-order valence-corrected chi connectivity index (χ4v) is 3.67. The molecule has 1 aliphatic heterocycles. The summed E-state index contributed by atoms with van der Waals surface area (Å²) in [5.41, 5.74) is 1.43. The Morgan fingerprint density at radius 1 is 1.07 bits per heavy atom. The maximum absolute atomic E-state index is 4.74. The quantitative estimate of drug-likeness (QED) is 0.237. The molecule has 5 nitrogen and oxygen atoms in total. The van der Waals surface area contributed by atoms with E-state index in [1.807, 2.05) is 0 Å². The number of piperazine rings is 1. The summed E-state index contributed by atoms with van der Waals surface area (Å²) in [6.45, 7) is 13.3. The molecule has 0 aromatic heterocycles. The van der Waals surface area contributed by atoms with E-state index in [4.69, 9.17) is 4.99 Å². The van der Waals surface area contributed by atoms with Crippen molar-refractivity contribution < 1.29 is 0 Å². The second kappa shape index (κ2) is 12.6. The van der Waals surface area contributed by atoms with Crippen molar-refractivity contribution in [3.63, 3.8) is 0 Å². The van der Waals surface area contributed by atoms with Gasteiger partial charge in [-0.05, 0) is 44.2 Å². The summed E-state index contributed by atoms with van der Waals surface area (Å²) in [5.74, 6) is 1.80. The molecule has 2 N–H and O–H groups in total. The summed E-state index contributed by atoms with van der Waals surface area (Å²) in [5, 5.41) is 6.89. The zero-order valence-corrected chi connectivity index (χ0v) is 19.9. The molecule has 0 spiro atoms. The van der Waals surface area contributed by atoms with Crippen LogP contribution in [0.3, 0.4) is 0 Å². The van der Waals surface area contributed by atoms with Gasteiger partial charge in [-0.15, -0.1) is 24.0 Å². The molecular formula is C22H38IN5. The maximum atomic E-state index is 4.74. The number of benzene rings is 1. The summed E-state index contributed by atoms with van der Waals surface area (Å²) >= 11 is 0. The third-order valence-electron chi connectivity index (χ3n) is 5.64. The highest BCUT2D eigenvalue weighted by Gasteiger charge is 2.33. The predicted octanol–water partition coefficient (Wildman–Crippen LogP) is 3.17. The van der Waals surface area contributed by atoms with E-state index in [2.05, 4.69) is 64.6 Å². The minimum absolute atomic E-state index is 0. The normalized spacial score (nSPS) is 23.1. The molecule has 1 aromatic carbocycles. The van der Waals surface area contributed by atoms with Crippen LogP contribution in [0.1, 0.15) is 38.7 Å². The average Bonchev–Trinajstić information content (AvgIpc) is 3.38. The Kier molecular flexibility index (Phi) is 10.6. The van der Waals surface area contributed by atoms with Gasteiger partial charge in [0.25, 0.3) is 0 Å². The average molecular weight is 499 g/mol. The molecule has 1 saturated heterocycles. The minimum Gasteiger partial charge on any atom is -0.357 e. The molecule has 2 fully saturated rings. The monoisotopic (exact) mass is 499 g/mol. The van der Waals surface area contributed by atoms with Gasteiger partial charge in [-0.3, -0.25) is 9.89 Å². The third-order valence-corrected chi connectivity index (χ3v) is 5.64. The van der Waals surface area contributed by atoms with E-state index in [1.54, 1.807) is 0 Å². The van der Waals surface area contributed by atoms with Crippen molar-refractivity contribution in [2.24, 2.45) is 10.9 Å². The topological polar surface area (TPSA) is 42.9 Å². The van der Waals surface area contributed by atoms with E-state index in [0.29, 0.717) is 6.04 Å². The first kappa shape index (κ1) is 23.4. The van der Waals surface area contributed by atoms with Crippen molar-refractivity contribution in [1.29, 1.82) is 0 Å². The number of aliphatic imine (C=N–C) groups is 1. The van der Waals surface area contributed by atoms with Crippen LogP contribution in [0, 0.1) is 5.92 Å². The number of unbranched alkanes of at least 4 members (excludes halogenated alkanes) is 1. The highest BCUT2D eigenvalue weighted by molar-refractivity contribution is 14.0. The molecule has 2 atom stereocenters. The van der Waals surface area contributed by atoms with Crippen LogP contribution in [0.15, 0.2) is 35.3 Å². The predicted molar refractivity (Wildman–Crippen MR) is 129 cm³/mol. The lowest BCUT2D eigenvalue weighted by molar-refractivity contribution is 0.126. The molecule has 1 aromatic rings. The van der Waals surface area contributed by atoms with Crippen molar-refractivity contribution >= 4 is 29.9 Å². The molecule has 0 radical (unpaired) electrons. The van der Waals surface area contributed by atoms with Gasteiger partial charge >= 0.3 is 0 Å². The van der Waals surface area contributed by atoms with Gasteiger partial charge in [-0.1, -0.05) is 37.3 Å². The largest absolute Gasteiger partial charge is 0.357 e. The number of hydrogen-bond donors (Lipinski definition) is 2. The maximum Gasteiger partial charge on any atom is 0.191 e. The Labute approximate surface area is 188 Å². The standard InChI is InChI=1S/C22H37N5.HI/c1-3-23-22(25-21-17-19(21)2)24-11-7-8-12-26-13-15-27(16-14-26)18-20-9-5-4-6-10-20;/h4-6,9-10,19,21H,3,7-8,11-18H2,1-2H3,(H2,23,24,25);1H. The lowest BCUT2D eigenvalue weighted by Crippen LogP contribution is -2.46. The molecule has 6 heteroatoms. The molecule has 1 aliphatic carbocycles. The van der Waals surface area contributed by atoms with Gasteiger partial charge in [0.1, 0.15) is 0 Å². The lowest BCUT2D eigenvalue weighted by atomic mass is 10.2. The Morgan fingerprint density at radius 2 is 1.75 bits per heavy atom. The number of guanidine groups is 1. The van der Waals surface area contributed by atoms with E-state index in [9.17, 15) is 0 Å². The molecule has 1 heterocycles. The first-order valence-corrected chi connectivity index (χ1v) is 10.8. The van der Waals surface area contributed by atoms with Gasteiger partial charge in [-0.25, -0.2) is 0 Å². The van der Waals surface area contributed by atoms with Crippen molar-refractivity contribution in [2.75, 3.05) is 45.8 Å². The van der Waals surface area contributed by atoms with E-state index < -0.39 is 0 Å². The summed E-state index contributed by atoms with van der Waals surface area (Å²) in [6.07, 6.45) is 3.68. The van der Waals surface area contributed by atoms with Gasteiger partial charge < -0.3 is 15.5 Å². The van der Waals surface area contributed by atoms with Crippen molar-refractivity contribution in [3.05, 3.63) is 35.9 Å². The molecule has 1 saturated carbocycles. The second-order valence-electron chi connectivity index (χ2n) is 8.03. The zero-order chi connectivity index (χ0) is 18.9. The molecule has 158 valence electrons. The van der Waals surface area contributed by atoms with Crippen LogP contribution in [-0.2, 0) is 6.54 Å². The van der Waals surface area contributed by atoms with Crippen molar-refractivity contribution in [2.45, 2.75) is 45.7 Å². The van der Waals surface area contributed by atoms with Crippen LogP contribution in [0.5, 0.6) is 0 Å². The summed E-state index contributed by atoms with van der Waals surface area (Å²) in [4.78, 5) is 9.92. The van der Waals surface area contributed by atoms with Crippen LogP contribution in [-0.4, -0.2) is 67.6 Å².